The van der Waals surface area contributed by atoms with E-state index in [1.165, 1.54) is 6.42 Å². The number of amides is 1. The quantitative estimate of drug-likeness (QED) is 0.784. The number of nitrogens with zero attached hydrogens (tertiary/aromatic N) is 4. The highest BCUT2D eigenvalue weighted by Gasteiger charge is 2.30. The second-order valence-electron chi connectivity index (χ2n) is 7.33. The van der Waals surface area contributed by atoms with Gasteiger partial charge >= 0.3 is 0 Å². The molecule has 4 rings (SSSR count). The largest absolute Gasteiger partial charge is 0.338 e. The first-order valence-electron chi connectivity index (χ1n) is 9.21. The molecular weight excluding hydrogens is 300 g/mol. The summed E-state index contributed by atoms with van der Waals surface area (Å²) >= 11 is 0. The summed E-state index contributed by atoms with van der Waals surface area (Å²) in [6.07, 6.45) is 12.4. The Labute approximate surface area is 143 Å². The predicted molar refractivity (Wildman–Crippen MR) is 92.2 cm³/mol. The van der Waals surface area contributed by atoms with Crippen molar-refractivity contribution in [2.75, 3.05) is 20.1 Å². The fraction of sp³-hybridized carbons (Fsp3) is 0.632. The van der Waals surface area contributed by atoms with Crippen molar-refractivity contribution in [2.45, 2.75) is 51.1 Å². The first-order chi connectivity index (χ1) is 11.7. The number of hydrogen-bond donors (Lipinski definition) is 0. The zero-order valence-electron chi connectivity index (χ0n) is 14.4. The molecule has 0 aromatic carbocycles. The van der Waals surface area contributed by atoms with Crippen LogP contribution < -0.4 is 0 Å². The first kappa shape index (κ1) is 15.8. The molecule has 2 aliphatic heterocycles. The maximum absolute atomic E-state index is 12.7. The molecule has 0 spiro atoms. The van der Waals surface area contributed by atoms with E-state index in [0.29, 0.717) is 18.5 Å². The van der Waals surface area contributed by atoms with Crippen LogP contribution in [0.1, 0.15) is 55.2 Å². The maximum atomic E-state index is 12.7. The average Bonchev–Trinajstić information content (AvgIpc) is 3.07. The lowest BCUT2D eigenvalue weighted by Gasteiger charge is -2.32. The summed E-state index contributed by atoms with van der Waals surface area (Å²) in [5.74, 6) is 1.44. The molecule has 0 unspecified atom stereocenters. The van der Waals surface area contributed by atoms with E-state index in [-0.39, 0.29) is 5.92 Å². The van der Waals surface area contributed by atoms with Crippen LogP contribution in [0.2, 0.25) is 0 Å². The smallest absolute Gasteiger partial charge is 0.226 e. The zero-order chi connectivity index (χ0) is 16.5. The van der Waals surface area contributed by atoms with Crippen LogP contribution in [0.25, 0.3) is 0 Å². The van der Waals surface area contributed by atoms with Crippen LogP contribution in [0.5, 0.6) is 0 Å². The minimum Gasteiger partial charge on any atom is -0.338 e. The molecular formula is C19H26N4O. The van der Waals surface area contributed by atoms with Crippen molar-refractivity contribution in [2.24, 2.45) is 5.92 Å². The third-order valence-electron chi connectivity index (χ3n) is 5.70. The van der Waals surface area contributed by atoms with Crippen LogP contribution in [0.4, 0.5) is 0 Å². The standard InChI is InChI=1S/C19H26N4O/c1-22-10-5-8-17(22)18-20-12-15-13-23(11-9-16(15)21-18)19(24)14-6-3-2-4-7-14/h2-3,12,14,17H,4-11,13H2,1H3/t14-,17-/m0/s1. The van der Waals surface area contributed by atoms with Crippen molar-refractivity contribution in [3.63, 3.8) is 0 Å². The van der Waals surface area contributed by atoms with Gasteiger partial charge in [-0.2, -0.15) is 0 Å². The maximum Gasteiger partial charge on any atom is 0.226 e. The van der Waals surface area contributed by atoms with Gasteiger partial charge in [0.05, 0.1) is 11.7 Å². The molecule has 2 atom stereocenters. The van der Waals surface area contributed by atoms with Crippen molar-refractivity contribution in [1.82, 2.24) is 19.8 Å². The molecule has 5 heteroatoms. The Morgan fingerprint density at radius 3 is 2.92 bits per heavy atom. The number of rotatable bonds is 2. The summed E-state index contributed by atoms with van der Waals surface area (Å²) in [4.78, 5) is 26.6. The van der Waals surface area contributed by atoms with E-state index in [9.17, 15) is 4.79 Å². The molecule has 1 amide bonds. The van der Waals surface area contributed by atoms with Crippen molar-refractivity contribution in [3.8, 4) is 0 Å². The van der Waals surface area contributed by atoms with Gasteiger partial charge < -0.3 is 4.90 Å². The fourth-order valence-electron chi connectivity index (χ4n) is 4.19. The highest BCUT2D eigenvalue weighted by atomic mass is 16.2. The minimum atomic E-state index is 0.170. The van der Waals surface area contributed by atoms with Gasteiger partial charge in [-0.15, -0.1) is 0 Å². The van der Waals surface area contributed by atoms with E-state index in [2.05, 4.69) is 29.1 Å². The van der Waals surface area contributed by atoms with Crippen molar-refractivity contribution in [3.05, 3.63) is 35.4 Å². The number of likely N-dealkylation sites (tertiary alicyclic amines) is 1. The highest BCUT2D eigenvalue weighted by Crippen LogP contribution is 2.29. The van der Waals surface area contributed by atoms with Gasteiger partial charge in [0.1, 0.15) is 5.82 Å². The topological polar surface area (TPSA) is 49.3 Å². The van der Waals surface area contributed by atoms with E-state index in [4.69, 9.17) is 4.98 Å². The van der Waals surface area contributed by atoms with Crippen LogP contribution in [-0.2, 0) is 17.8 Å². The van der Waals surface area contributed by atoms with Gasteiger partial charge in [-0.05, 0) is 45.7 Å². The summed E-state index contributed by atoms with van der Waals surface area (Å²) in [5.41, 5.74) is 2.28. The molecule has 1 aliphatic carbocycles. The Morgan fingerprint density at radius 1 is 1.25 bits per heavy atom. The van der Waals surface area contributed by atoms with Crippen molar-refractivity contribution in [1.29, 1.82) is 0 Å². The number of hydrogen-bond acceptors (Lipinski definition) is 4. The Morgan fingerprint density at radius 2 is 2.17 bits per heavy atom. The molecule has 1 aromatic rings. The second kappa shape index (κ2) is 6.63. The van der Waals surface area contributed by atoms with Crippen LogP contribution in [-0.4, -0.2) is 45.8 Å². The Balaban J connectivity index is 1.47. The predicted octanol–water partition coefficient (Wildman–Crippen LogP) is 2.48. The number of carbonyl (C=O) groups excluding carboxylic acids is 1. The molecule has 0 saturated carbocycles. The molecule has 0 bridgehead atoms. The molecule has 1 fully saturated rings. The Hall–Kier alpha value is -1.75. The van der Waals surface area contributed by atoms with Crippen molar-refractivity contribution < 1.29 is 4.79 Å². The summed E-state index contributed by atoms with van der Waals surface area (Å²) in [7, 11) is 2.15. The fourth-order valence-corrected chi connectivity index (χ4v) is 4.19. The monoisotopic (exact) mass is 326 g/mol. The first-order valence-corrected chi connectivity index (χ1v) is 9.21. The average molecular weight is 326 g/mol. The normalized spacial score (nSPS) is 27.3. The molecule has 24 heavy (non-hydrogen) atoms. The second-order valence-corrected chi connectivity index (χ2v) is 7.33. The summed E-state index contributed by atoms with van der Waals surface area (Å²) in [6, 6.07) is 0.365. The summed E-state index contributed by atoms with van der Waals surface area (Å²) < 4.78 is 0. The molecule has 3 heterocycles. The van der Waals surface area contributed by atoms with Gasteiger partial charge in [-0.3, -0.25) is 9.69 Å². The van der Waals surface area contributed by atoms with Gasteiger partial charge in [-0.1, -0.05) is 12.2 Å². The van der Waals surface area contributed by atoms with Gasteiger partial charge in [-0.25, -0.2) is 9.97 Å². The Bertz CT molecular complexity index is 657. The van der Waals surface area contributed by atoms with Gasteiger partial charge in [0, 0.05) is 37.2 Å². The molecule has 1 aromatic heterocycles. The summed E-state index contributed by atoms with van der Waals surface area (Å²) in [5, 5.41) is 0. The van der Waals surface area contributed by atoms with E-state index in [1.807, 2.05) is 11.1 Å². The Kier molecular flexibility index (Phi) is 4.35. The SMILES string of the molecule is CN1CCC[C@H]1c1ncc2c(n1)CCN(C(=O)[C@H]1CC=CCC1)C2. The number of allylic oxidation sites excluding steroid dienone is 2. The van der Waals surface area contributed by atoms with E-state index in [0.717, 1.165) is 62.3 Å². The van der Waals surface area contributed by atoms with Gasteiger partial charge in [0.15, 0.2) is 0 Å². The van der Waals surface area contributed by atoms with E-state index in [1.54, 1.807) is 0 Å². The van der Waals surface area contributed by atoms with Crippen molar-refractivity contribution >= 4 is 5.91 Å². The van der Waals surface area contributed by atoms with Gasteiger partial charge in [0.25, 0.3) is 0 Å². The lowest BCUT2D eigenvalue weighted by Crippen LogP contribution is -2.40. The number of carbonyl (C=O) groups is 1. The van der Waals surface area contributed by atoms with Crippen LogP contribution in [0.15, 0.2) is 18.3 Å². The third-order valence-corrected chi connectivity index (χ3v) is 5.70. The number of aromatic nitrogens is 2. The van der Waals surface area contributed by atoms with E-state index >= 15 is 0 Å². The third kappa shape index (κ3) is 2.97. The highest BCUT2D eigenvalue weighted by molar-refractivity contribution is 5.79. The lowest BCUT2D eigenvalue weighted by atomic mass is 9.92. The van der Waals surface area contributed by atoms with Crippen LogP contribution >= 0.6 is 0 Å². The summed E-state index contributed by atoms with van der Waals surface area (Å²) in [6.45, 7) is 2.60. The molecule has 1 saturated heterocycles. The lowest BCUT2D eigenvalue weighted by molar-refractivity contribution is -0.136. The van der Waals surface area contributed by atoms with Gasteiger partial charge in [0.2, 0.25) is 5.91 Å². The van der Waals surface area contributed by atoms with Crippen LogP contribution in [0, 0.1) is 5.92 Å². The molecule has 0 radical (unpaired) electrons. The van der Waals surface area contributed by atoms with Crippen LogP contribution in [0.3, 0.4) is 0 Å². The molecule has 3 aliphatic rings. The van der Waals surface area contributed by atoms with E-state index < -0.39 is 0 Å². The molecule has 0 N–H and O–H groups in total. The minimum absolute atomic E-state index is 0.170. The molecule has 5 nitrogen and oxygen atoms in total. The zero-order valence-corrected chi connectivity index (χ0v) is 14.4. The number of fused-ring (bicyclic) bond motifs is 1. The molecule has 128 valence electrons.